The molecule has 1 aromatic heterocycles. The minimum absolute atomic E-state index is 0.121. The second kappa shape index (κ2) is 7.24. The number of carbonyl (C=O) groups is 1. The predicted molar refractivity (Wildman–Crippen MR) is 94.8 cm³/mol. The highest BCUT2D eigenvalue weighted by atomic mass is 79.9. The highest BCUT2D eigenvalue weighted by Crippen LogP contribution is 2.15. The molecule has 0 amide bonds. The van der Waals surface area contributed by atoms with Crippen LogP contribution in [-0.2, 0) is 17.6 Å². The molecule has 0 fully saturated rings. The van der Waals surface area contributed by atoms with Crippen LogP contribution in [0, 0.1) is 11.3 Å². The van der Waals surface area contributed by atoms with E-state index in [9.17, 15) is 4.79 Å². The van der Waals surface area contributed by atoms with Gasteiger partial charge in [-0.3, -0.25) is 4.79 Å². The van der Waals surface area contributed by atoms with Gasteiger partial charge in [0.2, 0.25) is 0 Å². The van der Waals surface area contributed by atoms with Crippen LogP contribution in [0.15, 0.2) is 65.3 Å². The van der Waals surface area contributed by atoms with Gasteiger partial charge in [0.15, 0.2) is 0 Å². The summed E-state index contributed by atoms with van der Waals surface area (Å²) in [6.07, 6.45) is 2.35. The van der Waals surface area contributed by atoms with E-state index < -0.39 is 0 Å². The lowest BCUT2D eigenvalue weighted by molar-refractivity contribution is -0.117. The fourth-order valence-electron chi connectivity index (χ4n) is 2.50. The third-order valence-electron chi connectivity index (χ3n) is 3.63. The number of hydrogen-bond acceptors (Lipinski definition) is 3. The zero-order valence-electron chi connectivity index (χ0n) is 12.8. The normalized spacial score (nSPS) is 10.3. The van der Waals surface area contributed by atoms with E-state index in [0.29, 0.717) is 18.4 Å². The minimum Gasteiger partial charge on any atom is -0.299 e. The summed E-state index contributed by atoms with van der Waals surface area (Å²) in [4.78, 5) is 12.4. The summed E-state index contributed by atoms with van der Waals surface area (Å²) < 4.78 is 2.70. The highest BCUT2D eigenvalue weighted by molar-refractivity contribution is 9.10. The van der Waals surface area contributed by atoms with Crippen molar-refractivity contribution in [2.24, 2.45) is 0 Å². The number of Topliss-reactive ketones (excluding diaryl/α,β-unsaturated/α-hetero) is 1. The summed E-state index contributed by atoms with van der Waals surface area (Å²) in [6, 6.07) is 18.9. The molecule has 4 nitrogen and oxygen atoms in total. The maximum absolute atomic E-state index is 12.4. The van der Waals surface area contributed by atoms with Gasteiger partial charge in [-0.15, -0.1) is 0 Å². The number of nitriles is 1. The molecule has 3 rings (SSSR count). The van der Waals surface area contributed by atoms with Crippen molar-refractivity contribution in [3.63, 3.8) is 0 Å². The summed E-state index contributed by atoms with van der Waals surface area (Å²) >= 11 is 3.39. The van der Waals surface area contributed by atoms with E-state index in [1.807, 2.05) is 42.5 Å². The Morgan fingerprint density at radius 1 is 1.12 bits per heavy atom. The number of hydrogen-bond donors (Lipinski definition) is 0. The van der Waals surface area contributed by atoms with E-state index in [4.69, 9.17) is 5.26 Å². The topological polar surface area (TPSA) is 58.7 Å². The molecule has 0 saturated heterocycles. The molecule has 1 heterocycles. The molecule has 3 aromatic rings. The van der Waals surface area contributed by atoms with Crippen LogP contribution in [0.5, 0.6) is 0 Å². The number of rotatable bonds is 5. The first-order valence-corrected chi connectivity index (χ1v) is 8.24. The molecule has 0 atom stereocenters. The van der Waals surface area contributed by atoms with Crippen LogP contribution >= 0.6 is 15.9 Å². The summed E-state index contributed by atoms with van der Waals surface area (Å²) in [5.74, 6) is 0.121. The van der Waals surface area contributed by atoms with Crippen molar-refractivity contribution in [3.8, 4) is 11.8 Å². The Morgan fingerprint density at radius 2 is 1.92 bits per heavy atom. The van der Waals surface area contributed by atoms with E-state index in [-0.39, 0.29) is 5.78 Å². The standard InChI is InChI=1S/C19H14BrN3O/c20-16-6-4-14(5-7-16)11-19(24)12-18-8-9-22-23(18)17-3-1-2-15(10-17)13-21/h1-10H,11-12H2. The van der Waals surface area contributed by atoms with Gasteiger partial charge in [-0.1, -0.05) is 34.1 Å². The molecule has 0 bridgehead atoms. The van der Waals surface area contributed by atoms with E-state index >= 15 is 0 Å². The molecule has 0 spiro atoms. The number of halogens is 1. The molecular formula is C19H14BrN3O. The Morgan fingerprint density at radius 3 is 2.67 bits per heavy atom. The van der Waals surface area contributed by atoms with Crippen LogP contribution in [0.3, 0.4) is 0 Å². The number of ketones is 1. The Kier molecular flexibility index (Phi) is 4.88. The van der Waals surface area contributed by atoms with Crippen molar-refractivity contribution in [3.05, 3.63) is 82.1 Å². The first-order chi connectivity index (χ1) is 11.7. The quantitative estimate of drug-likeness (QED) is 0.676. The molecule has 0 aliphatic carbocycles. The van der Waals surface area contributed by atoms with E-state index in [0.717, 1.165) is 21.4 Å². The van der Waals surface area contributed by atoms with E-state index in [2.05, 4.69) is 27.1 Å². The smallest absolute Gasteiger partial charge is 0.143 e. The van der Waals surface area contributed by atoms with Crippen LogP contribution in [0.2, 0.25) is 0 Å². The summed E-state index contributed by atoms with van der Waals surface area (Å²) in [5.41, 5.74) is 3.15. The number of benzene rings is 2. The Hall–Kier alpha value is -2.71. The maximum atomic E-state index is 12.4. The largest absolute Gasteiger partial charge is 0.299 e. The van der Waals surface area contributed by atoms with Crippen LogP contribution in [0.4, 0.5) is 0 Å². The van der Waals surface area contributed by atoms with Gasteiger partial charge >= 0.3 is 0 Å². The van der Waals surface area contributed by atoms with Crippen molar-refractivity contribution in [2.75, 3.05) is 0 Å². The molecule has 0 aliphatic heterocycles. The SMILES string of the molecule is N#Cc1cccc(-n2nccc2CC(=O)Cc2ccc(Br)cc2)c1. The summed E-state index contributed by atoms with van der Waals surface area (Å²) in [7, 11) is 0. The Balaban J connectivity index is 1.76. The third-order valence-corrected chi connectivity index (χ3v) is 4.16. The zero-order valence-corrected chi connectivity index (χ0v) is 14.4. The summed E-state index contributed by atoms with van der Waals surface area (Å²) in [5, 5.41) is 13.3. The van der Waals surface area contributed by atoms with Gasteiger partial charge < -0.3 is 0 Å². The second-order valence-electron chi connectivity index (χ2n) is 5.42. The third kappa shape index (κ3) is 3.79. The molecule has 0 aliphatic rings. The van der Waals surface area contributed by atoms with Crippen molar-refractivity contribution in [2.45, 2.75) is 12.8 Å². The van der Waals surface area contributed by atoms with Crippen LogP contribution in [0.1, 0.15) is 16.8 Å². The molecule has 0 radical (unpaired) electrons. The van der Waals surface area contributed by atoms with E-state index in [1.54, 1.807) is 23.0 Å². The second-order valence-corrected chi connectivity index (χ2v) is 6.33. The average Bonchev–Trinajstić information content (AvgIpc) is 3.05. The van der Waals surface area contributed by atoms with Crippen molar-refractivity contribution in [1.82, 2.24) is 9.78 Å². The maximum Gasteiger partial charge on any atom is 0.143 e. The molecule has 5 heteroatoms. The fourth-order valence-corrected chi connectivity index (χ4v) is 2.76. The van der Waals surface area contributed by atoms with Gasteiger partial charge in [-0.25, -0.2) is 4.68 Å². The van der Waals surface area contributed by atoms with Crippen molar-refractivity contribution in [1.29, 1.82) is 5.26 Å². The fraction of sp³-hybridized carbons (Fsp3) is 0.105. The molecule has 24 heavy (non-hydrogen) atoms. The van der Waals surface area contributed by atoms with Gasteiger partial charge in [-0.05, 0) is 42.0 Å². The van der Waals surface area contributed by atoms with Crippen molar-refractivity contribution < 1.29 is 4.79 Å². The number of nitrogens with zero attached hydrogens (tertiary/aromatic N) is 3. The zero-order chi connectivity index (χ0) is 16.9. The van der Waals surface area contributed by atoms with E-state index in [1.165, 1.54) is 0 Å². The molecule has 0 unspecified atom stereocenters. The lowest BCUT2D eigenvalue weighted by Crippen LogP contribution is -2.11. The molecule has 118 valence electrons. The van der Waals surface area contributed by atoms with Gasteiger partial charge in [0.25, 0.3) is 0 Å². The lowest BCUT2D eigenvalue weighted by atomic mass is 10.1. The van der Waals surface area contributed by atoms with Crippen LogP contribution in [0.25, 0.3) is 5.69 Å². The Bertz CT molecular complexity index is 907. The van der Waals surface area contributed by atoms with Gasteiger partial charge in [0.1, 0.15) is 5.78 Å². The first-order valence-electron chi connectivity index (χ1n) is 7.45. The van der Waals surface area contributed by atoms with Crippen LogP contribution < -0.4 is 0 Å². The van der Waals surface area contributed by atoms with Gasteiger partial charge in [0, 0.05) is 23.5 Å². The lowest BCUT2D eigenvalue weighted by Gasteiger charge is -2.08. The highest BCUT2D eigenvalue weighted by Gasteiger charge is 2.11. The van der Waals surface area contributed by atoms with Crippen LogP contribution in [-0.4, -0.2) is 15.6 Å². The van der Waals surface area contributed by atoms with Gasteiger partial charge in [-0.2, -0.15) is 10.4 Å². The molecule has 0 saturated carbocycles. The predicted octanol–water partition coefficient (Wildman–Crippen LogP) is 3.86. The number of carbonyl (C=O) groups excluding carboxylic acids is 1. The monoisotopic (exact) mass is 379 g/mol. The molecule has 2 aromatic carbocycles. The molecule has 0 N–H and O–H groups in total. The number of aromatic nitrogens is 2. The first kappa shape index (κ1) is 16.2. The minimum atomic E-state index is 0.121. The Labute approximate surface area is 148 Å². The average molecular weight is 380 g/mol. The molecular weight excluding hydrogens is 366 g/mol. The van der Waals surface area contributed by atoms with Gasteiger partial charge in [0.05, 0.1) is 23.0 Å². The summed E-state index contributed by atoms with van der Waals surface area (Å²) in [6.45, 7) is 0. The van der Waals surface area contributed by atoms with Crippen molar-refractivity contribution >= 4 is 21.7 Å².